The largest absolute Gasteiger partial charge is 0.497 e. The lowest BCUT2D eigenvalue weighted by Gasteiger charge is -2.36. The van der Waals surface area contributed by atoms with Gasteiger partial charge in [0.15, 0.2) is 0 Å². The second kappa shape index (κ2) is 15.0. The molecular formula is C31H40O3S. The second-order valence-corrected chi connectivity index (χ2v) is 9.68. The first-order valence-corrected chi connectivity index (χ1v) is 13.4. The first-order valence-electron chi connectivity index (χ1n) is 12.9. The van der Waals surface area contributed by atoms with E-state index >= 15 is 0 Å². The Kier molecular flexibility index (Phi) is 11.7. The summed E-state index contributed by atoms with van der Waals surface area (Å²) in [6, 6.07) is 28.9. The molecule has 0 fully saturated rings. The zero-order valence-corrected chi connectivity index (χ0v) is 22.1. The van der Waals surface area contributed by atoms with E-state index in [1.807, 2.05) is 24.3 Å². The summed E-state index contributed by atoms with van der Waals surface area (Å²) in [5, 5.41) is -0.0276. The van der Waals surface area contributed by atoms with Crippen molar-refractivity contribution in [1.82, 2.24) is 0 Å². The minimum absolute atomic E-state index is 0.0276. The van der Waals surface area contributed by atoms with E-state index in [1.165, 1.54) is 32.1 Å². The van der Waals surface area contributed by atoms with Gasteiger partial charge in [0.05, 0.1) is 20.3 Å². The van der Waals surface area contributed by atoms with Crippen molar-refractivity contribution in [2.75, 3.05) is 26.9 Å². The van der Waals surface area contributed by atoms with Crippen molar-refractivity contribution >= 4 is 12.6 Å². The van der Waals surface area contributed by atoms with E-state index in [9.17, 15) is 0 Å². The van der Waals surface area contributed by atoms with Crippen LogP contribution in [0.15, 0.2) is 84.9 Å². The number of methoxy groups -OCH3 is 1. The van der Waals surface area contributed by atoms with Crippen LogP contribution in [-0.2, 0) is 15.1 Å². The van der Waals surface area contributed by atoms with Gasteiger partial charge in [0.2, 0.25) is 0 Å². The molecule has 0 N–H and O–H groups in total. The standard InChI is InChI=1S/C31H40O3S/c1-3-4-5-6-7-14-23-33-24-30(35)25-34-31(26-15-10-8-11-16-26,27-17-12-9-13-18-27)28-19-21-29(32-2)22-20-28/h8-13,15-22,30,35H,3-7,14,23-25H2,1-2H3/t30-/m1/s1. The first-order chi connectivity index (χ1) is 17.2. The molecule has 0 saturated carbocycles. The number of thiol groups is 1. The smallest absolute Gasteiger partial charge is 0.143 e. The number of rotatable bonds is 16. The van der Waals surface area contributed by atoms with Gasteiger partial charge in [0, 0.05) is 11.9 Å². The summed E-state index contributed by atoms with van der Waals surface area (Å²) in [4.78, 5) is 0. The maximum atomic E-state index is 6.85. The Balaban J connectivity index is 1.75. The van der Waals surface area contributed by atoms with E-state index in [0.29, 0.717) is 13.2 Å². The molecule has 0 spiro atoms. The minimum Gasteiger partial charge on any atom is -0.497 e. The van der Waals surface area contributed by atoms with E-state index in [2.05, 4.69) is 67.6 Å². The number of hydrogen-bond donors (Lipinski definition) is 1. The molecule has 3 nitrogen and oxygen atoms in total. The van der Waals surface area contributed by atoms with Crippen LogP contribution in [0.25, 0.3) is 0 Å². The molecule has 0 aliphatic heterocycles. The Hall–Kier alpha value is -2.27. The molecular weight excluding hydrogens is 452 g/mol. The Morgan fingerprint density at radius 1 is 0.686 bits per heavy atom. The van der Waals surface area contributed by atoms with Crippen LogP contribution in [0.2, 0.25) is 0 Å². The molecule has 35 heavy (non-hydrogen) atoms. The van der Waals surface area contributed by atoms with Crippen LogP contribution >= 0.6 is 12.6 Å². The average Bonchev–Trinajstić information content (AvgIpc) is 2.92. The van der Waals surface area contributed by atoms with Crippen LogP contribution < -0.4 is 4.74 Å². The van der Waals surface area contributed by atoms with Gasteiger partial charge in [0.1, 0.15) is 11.4 Å². The zero-order chi connectivity index (χ0) is 24.8. The summed E-state index contributed by atoms with van der Waals surface area (Å²) in [5.74, 6) is 0.818. The summed E-state index contributed by atoms with van der Waals surface area (Å²) in [6.45, 7) is 4.05. The zero-order valence-electron chi connectivity index (χ0n) is 21.2. The lowest BCUT2D eigenvalue weighted by Crippen LogP contribution is -2.35. The summed E-state index contributed by atoms with van der Waals surface area (Å²) >= 11 is 4.81. The van der Waals surface area contributed by atoms with Crippen molar-refractivity contribution in [2.45, 2.75) is 56.3 Å². The molecule has 3 rings (SSSR count). The molecule has 0 aliphatic carbocycles. The number of benzene rings is 3. The van der Waals surface area contributed by atoms with Gasteiger partial charge in [-0.05, 0) is 35.2 Å². The first kappa shape index (κ1) is 27.3. The molecule has 188 valence electrons. The fraction of sp³-hybridized carbons (Fsp3) is 0.419. The normalized spacial score (nSPS) is 12.4. The predicted octanol–water partition coefficient (Wildman–Crippen LogP) is 7.68. The van der Waals surface area contributed by atoms with Crippen molar-refractivity contribution in [1.29, 1.82) is 0 Å². The molecule has 3 aromatic rings. The van der Waals surface area contributed by atoms with Gasteiger partial charge in [-0.1, -0.05) is 112 Å². The van der Waals surface area contributed by atoms with E-state index < -0.39 is 5.60 Å². The van der Waals surface area contributed by atoms with E-state index in [1.54, 1.807) is 7.11 Å². The highest BCUT2D eigenvalue weighted by Gasteiger charge is 2.38. The third-order valence-corrected chi connectivity index (χ3v) is 6.60. The van der Waals surface area contributed by atoms with Gasteiger partial charge >= 0.3 is 0 Å². The number of hydrogen-bond acceptors (Lipinski definition) is 4. The van der Waals surface area contributed by atoms with E-state index in [4.69, 9.17) is 26.8 Å². The highest BCUT2D eigenvalue weighted by atomic mass is 32.1. The lowest BCUT2D eigenvalue weighted by atomic mass is 9.80. The van der Waals surface area contributed by atoms with Gasteiger partial charge < -0.3 is 14.2 Å². The van der Waals surface area contributed by atoms with Crippen molar-refractivity contribution < 1.29 is 14.2 Å². The van der Waals surface area contributed by atoms with Gasteiger partial charge in [0.25, 0.3) is 0 Å². The van der Waals surface area contributed by atoms with Crippen molar-refractivity contribution in [2.24, 2.45) is 0 Å². The SMILES string of the molecule is CCCCCCCCOC[C@@H](S)COC(c1ccccc1)(c1ccccc1)c1ccc(OC)cc1. The van der Waals surface area contributed by atoms with Crippen LogP contribution in [0.5, 0.6) is 5.75 Å². The van der Waals surface area contributed by atoms with Crippen molar-refractivity contribution in [3.8, 4) is 5.75 Å². The summed E-state index contributed by atoms with van der Waals surface area (Å²) in [6.07, 6.45) is 7.57. The Morgan fingerprint density at radius 3 is 1.80 bits per heavy atom. The molecule has 0 heterocycles. The third kappa shape index (κ3) is 7.86. The van der Waals surface area contributed by atoms with Crippen molar-refractivity contribution in [3.63, 3.8) is 0 Å². The molecule has 4 heteroatoms. The van der Waals surface area contributed by atoms with Gasteiger partial charge in [-0.3, -0.25) is 0 Å². The molecule has 0 radical (unpaired) electrons. The quantitative estimate of drug-likeness (QED) is 0.126. The second-order valence-electron chi connectivity index (χ2n) is 8.95. The van der Waals surface area contributed by atoms with Gasteiger partial charge in [-0.15, -0.1) is 0 Å². The summed E-state index contributed by atoms with van der Waals surface area (Å²) < 4.78 is 18.2. The number of unbranched alkanes of at least 4 members (excludes halogenated alkanes) is 5. The molecule has 0 bridgehead atoms. The third-order valence-electron chi connectivity index (χ3n) is 6.30. The van der Waals surface area contributed by atoms with Gasteiger partial charge in [-0.2, -0.15) is 12.6 Å². The van der Waals surface area contributed by atoms with Crippen LogP contribution in [-0.4, -0.2) is 32.2 Å². The van der Waals surface area contributed by atoms with Crippen molar-refractivity contribution in [3.05, 3.63) is 102 Å². The summed E-state index contributed by atoms with van der Waals surface area (Å²) in [7, 11) is 1.68. The molecule has 1 atom stereocenters. The molecule has 0 amide bonds. The van der Waals surface area contributed by atoms with Crippen LogP contribution in [0.4, 0.5) is 0 Å². The molecule has 3 aromatic carbocycles. The maximum absolute atomic E-state index is 6.85. The summed E-state index contributed by atoms with van der Waals surface area (Å²) in [5.41, 5.74) is 2.42. The van der Waals surface area contributed by atoms with Crippen LogP contribution in [0, 0.1) is 0 Å². The average molecular weight is 493 g/mol. The molecule has 0 saturated heterocycles. The number of ether oxygens (including phenoxy) is 3. The Labute approximate surface area is 217 Å². The Bertz CT molecular complexity index is 904. The lowest BCUT2D eigenvalue weighted by molar-refractivity contribution is 0.00269. The maximum Gasteiger partial charge on any atom is 0.143 e. The minimum atomic E-state index is -0.769. The van der Waals surface area contributed by atoms with Crippen LogP contribution in [0.3, 0.4) is 0 Å². The monoisotopic (exact) mass is 492 g/mol. The Morgan fingerprint density at radius 2 is 1.23 bits per heavy atom. The highest BCUT2D eigenvalue weighted by molar-refractivity contribution is 7.81. The van der Waals surface area contributed by atoms with Crippen LogP contribution in [0.1, 0.15) is 62.1 Å². The molecule has 0 unspecified atom stereocenters. The molecule has 0 aromatic heterocycles. The van der Waals surface area contributed by atoms with E-state index in [0.717, 1.165) is 35.5 Å². The predicted molar refractivity (Wildman–Crippen MR) is 149 cm³/mol. The fourth-order valence-electron chi connectivity index (χ4n) is 4.39. The topological polar surface area (TPSA) is 27.7 Å². The molecule has 0 aliphatic rings. The van der Waals surface area contributed by atoms with Gasteiger partial charge in [-0.25, -0.2) is 0 Å². The fourth-order valence-corrected chi connectivity index (χ4v) is 4.57. The van der Waals surface area contributed by atoms with E-state index in [-0.39, 0.29) is 5.25 Å². The highest BCUT2D eigenvalue weighted by Crippen LogP contribution is 2.41.